The summed E-state index contributed by atoms with van der Waals surface area (Å²) in [5.74, 6) is -0.223. The molecule has 2 aromatic carbocycles. The van der Waals surface area contributed by atoms with Gasteiger partial charge in [-0.05, 0) is 48.5 Å². The molecule has 5 nitrogen and oxygen atoms in total. The predicted molar refractivity (Wildman–Crippen MR) is 119 cm³/mol. The zero-order valence-corrected chi connectivity index (χ0v) is 17.7. The van der Waals surface area contributed by atoms with Crippen molar-refractivity contribution in [3.63, 3.8) is 0 Å². The molecule has 1 aliphatic rings. The van der Waals surface area contributed by atoms with E-state index in [4.69, 9.17) is 11.6 Å². The third kappa shape index (κ3) is 3.94. The zero-order valence-electron chi connectivity index (χ0n) is 16.2. The molecular weight excluding hydrogens is 435 g/mol. The van der Waals surface area contributed by atoms with Gasteiger partial charge < -0.3 is 10.3 Å². The summed E-state index contributed by atoms with van der Waals surface area (Å²) in [6, 6.07) is 15.8. The maximum Gasteiger partial charge on any atom is 0.253 e. The molecule has 5 rings (SSSR count). The number of amides is 1. The van der Waals surface area contributed by atoms with Crippen LogP contribution in [0.15, 0.2) is 70.6 Å². The van der Waals surface area contributed by atoms with Gasteiger partial charge in [-0.1, -0.05) is 29.4 Å². The molecule has 1 aliphatic heterocycles. The first-order valence-electron chi connectivity index (χ1n) is 9.64. The summed E-state index contributed by atoms with van der Waals surface area (Å²) in [5, 5.41) is 3.47. The number of halogens is 2. The molecule has 0 bridgehead atoms. The van der Waals surface area contributed by atoms with Gasteiger partial charge in [0.15, 0.2) is 5.82 Å². The van der Waals surface area contributed by atoms with Crippen LogP contribution < -0.4 is 5.32 Å². The van der Waals surface area contributed by atoms with Gasteiger partial charge >= 0.3 is 0 Å². The van der Waals surface area contributed by atoms with Crippen molar-refractivity contribution in [1.29, 1.82) is 0 Å². The van der Waals surface area contributed by atoms with E-state index in [1.807, 2.05) is 18.2 Å². The Balaban J connectivity index is 1.54. The highest BCUT2D eigenvalue weighted by atomic mass is 35.5. The number of fused-ring (bicyclic) bond motifs is 1. The first kappa shape index (κ1) is 19.8. The normalized spacial score (nSPS) is 13.0. The number of H-pyrrole nitrogens is 1. The van der Waals surface area contributed by atoms with Crippen molar-refractivity contribution in [2.45, 2.75) is 16.2 Å². The summed E-state index contributed by atoms with van der Waals surface area (Å²) in [5.41, 5.74) is 3.13. The number of nitrogens with one attached hydrogen (secondary N) is 2. The Morgan fingerprint density at radius 2 is 1.94 bits per heavy atom. The second kappa shape index (κ2) is 8.17. The van der Waals surface area contributed by atoms with E-state index in [9.17, 15) is 9.18 Å². The van der Waals surface area contributed by atoms with Gasteiger partial charge in [0, 0.05) is 39.7 Å². The van der Waals surface area contributed by atoms with Gasteiger partial charge in [-0.15, -0.1) is 0 Å². The Hall–Kier alpha value is -3.16. The number of rotatable bonds is 4. The van der Waals surface area contributed by atoms with Crippen molar-refractivity contribution in [1.82, 2.24) is 20.3 Å². The second-order valence-electron chi connectivity index (χ2n) is 7.02. The minimum atomic E-state index is -0.402. The Morgan fingerprint density at radius 1 is 1.10 bits per heavy atom. The van der Waals surface area contributed by atoms with E-state index >= 15 is 0 Å². The molecule has 1 amide bonds. The van der Waals surface area contributed by atoms with Crippen molar-refractivity contribution in [3.8, 4) is 22.8 Å². The van der Waals surface area contributed by atoms with Crippen molar-refractivity contribution in [2.24, 2.45) is 0 Å². The van der Waals surface area contributed by atoms with E-state index in [0.29, 0.717) is 39.0 Å². The summed E-state index contributed by atoms with van der Waals surface area (Å²) in [7, 11) is 0. The van der Waals surface area contributed by atoms with Crippen LogP contribution in [-0.2, 0) is 6.42 Å². The number of hydrogen-bond donors (Lipinski definition) is 2. The van der Waals surface area contributed by atoms with Crippen LogP contribution >= 0.6 is 23.4 Å². The largest absolute Gasteiger partial charge is 0.356 e. The molecule has 0 aliphatic carbocycles. The summed E-state index contributed by atoms with van der Waals surface area (Å²) in [6.07, 6.45) is 2.33. The molecule has 4 aromatic rings. The maximum atomic E-state index is 14.9. The fraction of sp³-hybridized carbons (Fsp3) is 0.0870. The quantitative estimate of drug-likeness (QED) is 0.438. The van der Waals surface area contributed by atoms with Crippen LogP contribution in [0.3, 0.4) is 0 Å². The smallest absolute Gasteiger partial charge is 0.253 e. The zero-order chi connectivity index (χ0) is 21.4. The van der Waals surface area contributed by atoms with Gasteiger partial charge in [-0.3, -0.25) is 4.79 Å². The minimum absolute atomic E-state index is 0.103. The van der Waals surface area contributed by atoms with Crippen molar-refractivity contribution >= 4 is 29.3 Å². The Kier molecular flexibility index (Phi) is 5.21. The lowest BCUT2D eigenvalue weighted by atomic mass is 10.1. The van der Waals surface area contributed by atoms with E-state index < -0.39 is 5.82 Å². The molecule has 31 heavy (non-hydrogen) atoms. The lowest BCUT2D eigenvalue weighted by Gasteiger charge is -2.11. The molecule has 0 radical (unpaired) electrons. The molecular formula is C23H16ClFN4OS. The van der Waals surface area contributed by atoms with Gasteiger partial charge in [-0.25, -0.2) is 14.4 Å². The molecule has 0 saturated carbocycles. The SMILES string of the molecule is O=C1NCCc2[nH]c(-c3ccnc(-c4c(F)cccc4Sc4ccc(Cl)cc4)n3)cc21. The molecule has 154 valence electrons. The fourth-order valence-electron chi connectivity index (χ4n) is 3.50. The van der Waals surface area contributed by atoms with Crippen molar-refractivity contribution < 1.29 is 9.18 Å². The predicted octanol–water partition coefficient (Wildman–Crippen LogP) is 5.37. The first-order valence-corrected chi connectivity index (χ1v) is 10.8. The summed E-state index contributed by atoms with van der Waals surface area (Å²) in [4.78, 5) is 25.9. The van der Waals surface area contributed by atoms with Crippen LogP contribution in [0.2, 0.25) is 5.02 Å². The number of aromatic nitrogens is 3. The maximum absolute atomic E-state index is 14.9. The van der Waals surface area contributed by atoms with E-state index in [1.54, 1.807) is 36.5 Å². The number of aromatic amines is 1. The highest BCUT2D eigenvalue weighted by Gasteiger charge is 2.21. The van der Waals surface area contributed by atoms with Gasteiger partial charge in [0.25, 0.3) is 5.91 Å². The number of carbonyl (C=O) groups is 1. The molecule has 0 spiro atoms. The summed E-state index contributed by atoms with van der Waals surface area (Å²) >= 11 is 7.39. The Morgan fingerprint density at radius 3 is 2.74 bits per heavy atom. The van der Waals surface area contributed by atoms with Gasteiger partial charge in [0.1, 0.15) is 5.82 Å². The third-order valence-corrected chi connectivity index (χ3v) is 6.30. The highest BCUT2D eigenvalue weighted by molar-refractivity contribution is 7.99. The minimum Gasteiger partial charge on any atom is -0.356 e. The Bertz CT molecular complexity index is 1290. The van der Waals surface area contributed by atoms with Gasteiger partial charge in [0.2, 0.25) is 0 Å². The molecule has 0 fully saturated rings. The molecule has 0 saturated heterocycles. The van der Waals surface area contributed by atoms with Crippen LogP contribution in [0.25, 0.3) is 22.8 Å². The average Bonchev–Trinajstić information content (AvgIpc) is 3.22. The second-order valence-corrected chi connectivity index (χ2v) is 8.57. The van der Waals surface area contributed by atoms with E-state index in [2.05, 4.69) is 20.3 Å². The molecule has 2 N–H and O–H groups in total. The molecule has 0 unspecified atom stereocenters. The first-order chi connectivity index (χ1) is 15.1. The fourth-order valence-corrected chi connectivity index (χ4v) is 4.59. The van der Waals surface area contributed by atoms with Gasteiger partial charge in [-0.2, -0.15) is 0 Å². The van der Waals surface area contributed by atoms with Gasteiger partial charge in [0.05, 0.1) is 22.5 Å². The van der Waals surface area contributed by atoms with Crippen LogP contribution in [0.4, 0.5) is 4.39 Å². The number of benzene rings is 2. The molecule has 3 heterocycles. The topological polar surface area (TPSA) is 70.7 Å². The van der Waals surface area contributed by atoms with Crippen LogP contribution in [0.5, 0.6) is 0 Å². The number of nitrogens with zero attached hydrogens (tertiary/aromatic N) is 2. The van der Waals surface area contributed by atoms with E-state index in [0.717, 1.165) is 17.0 Å². The third-order valence-electron chi connectivity index (χ3n) is 4.98. The monoisotopic (exact) mass is 450 g/mol. The number of carbonyl (C=O) groups excluding carboxylic acids is 1. The summed E-state index contributed by atoms with van der Waals surface area (Å²) < 4.78 is 14.9. The van der Waals surface area contributed by atoms with Crippen LogP contribution in [0.1, 0.15) is 16.1 Å². The Labute approximate surface area is 187 Å². The van der Waals surface area contributed by atoms with E-state index in [-0.39, 0.29) is 11.7 Å². The van der Waals surface area contributed by atoms with Crippen molar-refractivity contribution in [2.75, 3.05) is 6.54 Å². The van der Waals surface area contributed by atoms with Crippen LogP contribution in [0, 0.1) is 5.82 Å². The van der Waals surface area contributed by atoms with E-state index in [1.165, 1.54) is 17.8 Å². The molecule has 8 heteroatoms. The average molecular weight is 451 g/mol. The lowest BCUT2D eigenvalue weighted by Crippen LogP contribution is -2.31. The highest BCUT2D eigenvalue weighted by Crippen LogP contribution is 2.37. The standard InChI is InChI=1S/C23H16ClFN4OS/c24-13-4-6-14(7-5-13)31-20-3-1-2-16(25)21(20)22-26-10-9-18(29-22)19-12-15-17(28-19)8-11-27-23(15)30/h1-7,9-10,12,28H,8,11H2,(H,27,30). The molecule has 2 aromatic heterocycles. The number of hydrogen-bond acceptors (Lipinski definition) is 4. The lowest BCUT2D eigenvalue weighted by molar-refractivity contribution is 0.0946. The summed E-state index contributed by atoms with van der Waals surface area (Å²) in [6.45, 7) is 0.599. The van der Waals surface area contributed by atoms with Crippen molar-refractivity contribution in [3.05, 3.63) is 82.9 Å². The van der Waals surface area contributed by atoms with Crippen LogP contribution in [-0.4, -0.2) is 27.4 Å². The molecule has 0 atom stereocenters.